The molecule has 2 aromatic carbocycles. The minimum atomic E-state index is -0.885. The van der Waals surface area contributed by atoms with Crippen molar-refractivity contribution in [3.63, 3.8) is 0 Å². The largest absolute Gasteiger partial charge is 0.507 e. The number of rotatable bonds is 3. The van der Waals surface area contributed by atoms with Crippen LogP contribution in [0.25, 0.3) is 0 Å². The zero-order chi connectivity index (χ0) is 15.6. The van der Waals surface area contributed by atoms with Gasteiger partial charge in [0.2, 0.25) is 0 Å². The molecule has 0 aliphatic rings. The lowest BCUT2D eigenvalue weighted by Crippen LogP contribution is -2.14. The van der Waals surface area contributed by atoms with Crippen molar-refractivity contribution in [1.82, 2.24) is 0 Å². The number of amides is 1. The minimum Gasteiger partial charge on any atom is -0.507 e. The second-order valence-corrected chi connectivity index (χ2v) is 4.35. The molecule has 1 amide bonds. The van der Waals surface area contributed by atoms with E-state index < -0.39 is 28.0 Å². The standard InChI is InChI=1S/C14H11FN2O4/c1-8-5-6-9(7-11(8)17(20)21)16-14(19)13-10(15)3-2-4-12(13)18/h2-7,18H,1H3,(H,16,19). The number of anilines is 1. The molecule has 0 bridgehead atoms. The summed E-state index contributed by atoms with van der Waals surface area (Å²) in [5, 5.41) is 22.7. The molecule has 0 saturated carbocycles. The van der Waals surface area contributed by atoms with Crippen molar-refractivity contribution in [2.24, 2.45) is 0 Å². The van der Waals surface area contributed by atoms with Gasteiger partial charge in [0.15, 0.2) is 0 Å². The van der Waals surface area contributed by atoms with Crippen LogP contribution >= 0.6 is 0 Å². The summed E-state index contributed by atoms with van der Waals surface area (Å²) >= 11 is 0. The predicted octanol–water partition coefficient (Wildman–Crippen LogP) is 3.00. The van der Waals surface area contributed by atoms with Gasteiger partial charge in [0.25, 0.3) is 11.6 Å². The second-order valence-electron chi connectivity index (χ2n) is 4.35. The maximum absolute atomic E-state index is 13.5. The second kappa shape index (κ2) is 5.58. The van der Waals surface area contributed by atoms with Gasteiger partial charge in [0.05, 0.1) is 4.92 Å². The molecule has 108 valence electrons. The van der Waals surface area contributed by atoms with Crippen molar-refractivity contribution in [3.8, 4) is 5.75 Å². The van der Waals surface area contributed by atoms with Crippen LogP contribution in [0.5, 0.6) is 5.75 Å². The molecular formula is C14H11FN2O4. The highest BCUT2D eigenvalue weighted by molar-refractivity contribution is 6.06. The highest BCUT2D eigenvalue weighted by Gasteiger charge is 2.18. The predicted molar refractivity (Wildman–Crippen MR) is 73.9 cm³/mol. The van der Waals surface area contributed by atoms with Crippen molar-refractivity contribution in [2.75, 3.05) is 5.32 Å². The molecule has 2 aromatic rings. The Hall–Kier alpha value is -2.96. The van der Waals surface area contributed by atoms with Crippen LogP contribution in [0.4, 0.5) is 15.8 Å². The Morgan fingerprint density at radius 3 is 2.67 bits per heavy atom. The number of nitrogens with zero attached hydrogens (tertiary/aromatic N) is 1. The fourth-order valence-electron chi connectivity index (χ4n) is 1.81. The van der Waals surface area contributed by atoms with Gasteiger partial charge in [0.1, 0.15) is 17.1 Å². The number of carbonyl (C=O) groups excluding carboxylic acids is 1. The summed E-state index contributed by atoms with van der Waals surface area (Å²) in [6.07, 6.45) is 0. The van der Waals surface area contributed by atoms with Gasteiger partial charge >= 0.3 is 0 Å². The van der Waals surface area contributed by atoms with Gasteiger partial charge in [-0.1, -0.05) is 12.1 Å². The van der Waals surface area contributed by atoms with Crippen molar-refractivity contribution in [3.05, 3.63) is 63.5 Å². The maximum Gasteiger partial charge on any atom is 0.274 e. The van der Waals surface area contributed by atoms with Gasteiger partial charge in [-0.25, -0.2) is 4.39 Å². The number of halogens is 1. The first-order valence-electron chi connectivity index (χ1n) is 5.94. The third-order valence-corrected chi connectivity index (χ3v) is 2.88. The van der Waals surface area contributed by atoms with Crippen LogP contribution in [-0.2, 0) is 0 Å². The molecule has 0 aliphatic carbocycles. The van der Waals surface area contributed by atoms with Gasteiger partial charge in [-0.2, -0.15) is 0 Å². The Bertz CT molecular complexity index is 711. The molecule has 0 fully saturated rings. The molecular weight excluding hydrogens is 279 g/mol. The third kappa shape index (κ3) is 2.97. The van der Waals surface area contributed by atoms with Crippen LogP contribution in [0.1, 0.15) is 15.9 Å². The molecule has 6 nitrogen and oxygen atoms in total. The van der Waals surface area contributed by atoms with E-state index >= 15 is 0 Å². The van der Waals surface area contributed by atoms with E-state index in [1.807, 2.05) is 0 Å². The molecule has 0 heterocycles. The number of aromatic hydroxyl groups is 1. The summed E-state index contributed by atoms with van der Waals surface area (Å²) in [5.74, 6) is -2.27. The number of nitrogens with one attached hydrogen (secondary N) is 1. The first kappa shape index (κ1) is 14.4. The molecule has 2 rings (SSSR count). The van der Waals surface area contributed by atoms with Crippen molar-refractivity contribution >= 4 is 17.3 Å². The van der Waals surface area contributed by atoms with Crippen LogP contribution in [0.3, 0.4) is 0 Å². The molecule has 0 unspecified atom stereocenters. The van der Waals surface area contributed by atoms with Crippen LogP contribution in [0.15, 0.2) is 36.4 Å². The van der Waals surface area contributed by atoms with E-state index in [1.165, 1.54) is 30.3 Å². The molecule has 7 heteroatoms. The highest BCUT2D eigenvalue weighted by atomic mass is 19.1. The lowest BCUT2D eigenvalue weighted by molar-refractivity contribution is -0.385. The fraction of sp³-hybridized carbons (Fsp3) is 0.0714. The summed E-state index contributed by atoms with van der Waals surface area (Å²) in [4.78, 5) is 22.2. The van der Waals surface area contributed by atoms with Crippen LogP contribution in [-0.4, -0.2) is 15.9 Å². The average molecular weight is 290 g/mol. The number of nitro benzene ring substituents is 1. The van der Waals surface area contributed by atoms with Crippen molar-refractivity contribution in [1.29, 1.82) is 0 Å². The third-order valence-electron chi connectivity index (χ3n) is 2.88. The van der Waals surface area contributed by atoms with E-state index in [4.69, 9.17) is 0 Å². The van der Waals surface area contributed by atoms with E-state index in [-0.39, 0.29) is 11.4 Å². The summed E-state index contributed by atoms with van der Waals surface area (Å²) in [6, 6.07) is 7.57. The number of nitro groups is 1. The lowest BCUT2D eigenvalue weighted by atomic mass is 10.1. The van der Waals surface area contributed by atoms with E-state index in [9.17, 15) is 24.4 Å². The Morgan fingerprint density at radius 1 is 1.33 bits per heavy atom. The van der Waals surface area contributed by atoms with Crippen LogP contribution in [0, 0.1) is 22.9 Å². The van der Waals surface area contributed by atoms with E-state index in [0.717, 1.165) is 6.07 Å². The fourth-order valence-corrected chi connectivity index (χ4v) is 1.81. The molecule has 0 spiro atoms. The maximum atomic E-state index is 13.5. The van der Waals surface area contributed by atoms with Gasteiger partial charge in [-0.15, -0.1) is 0 Å². The topological polar surface area (TPSA) is 92.5 Å². The number of benzene rings is 2. The molecule has 2 N–H and O–H groups in total. The zero-order valence-corrected chi connectivity index (χ0v) is 11.0. The average Bonchev–Trinajstić information content (AvgIpc) is 2.40. The quantitative estimate of drug-likeness (QED) is 0.671. The Kier molecular flexibility index (Phi) is 3.84. The number of hydrogen-bond acceptors (Lipinski definition) is 4. The van der Waals surface area contributed by atoms with Gasteiger partial charge in [-0.3, -0.25) is 14.9 Å². The van der Waals surface area contributed by atoms with Crippen LogP contribution in [0.2, 0.25) is 0 Å². The zero-order valence-electron chi connectivity index (χ0n) is 11.0. The summed E-state index contributed by atoms with van der Waals surface area (Å²) in [6.45, 7) is 1.56. The Morgan fingerprint density at radius 2 is 2.05 bits per heavy atom. The molecule has 0 aromatic heterocycles. The summed E-state index contributed by atoms with van der Waals surface area (Å²) in [5.41, 5.74) is -0.0991. The molecule has 0 atom stereocenters. The van der Waals surface area contributed by atoms with Gasteiger partial charge in [-0.05, 0) is 25.1 Å². The van der Waals surface area contributed by atoms with Gasteiger partial charge in [0, 0.05) is 17.3 Å². The summed E-state index contributed by atoms with van der Waals surface area (Å²) in [7, 11) is 0. The van der Waals surface area contributed by atoms with Crippen LogP contribution < -0.4 is 5.32 Å². The van der Waals surface area contributed by atoms with E-state index in [1.54, 1.807) is 6.92 Å². The SMILES string of the molecule is Cc1ccc(NC(=O)c2c(O)cccc2F)cc1[N+](=O)[O-]. The van der Waals surface area contributed by atoms with Gasteiger partial charge < -0.3 is 10.4 Å². The monoisotopic (exact) mass is 290 g/mol. The summed E-state index contributed by atoms with van der Waals surface area (Å²) < 4.78 is 13.5. The number of phenols is 1. The Balaban J connectivity index is 2.32. The minimum absolute atomic E-state index is 0.139. The molecule has 0 radical (unpaired) electrons. The van der Waals surface area contributed by atoms with E-state index in [2.05, 4.69) is 5.32 Å². The molecule has 0 saturated heterocycles. The molecule has 0 aliphatic heterocycles. The number of carbonyl (C=O) groups is 1. The molecule has 21 heavy (non-hydrogen) atoms. The Labute approximate surface area is 119 Å². The van der Waals surface area contributed by atoms with Crippen molar-refractivity contribution < 1.29 is 19.2 Å². The van der Waals surface area contributed by atoms with Crippen molar-refractivity contribution in [2.45, 2.75) is 6.92 Å². The van der Waals surface area contributed by atoms with E-state index in [0.29, 0.717) is 5.56 Å². The number of phenolic OH excluding ortho intramolecular Hbond substituents is 1. The normalized spacial score (nSPS) is 10.2. The smallest absolute Gasteiger partial charge is 0.274 e. The highest BCUT2D eigenvalue weighted by Crippen LogP contribution is 2.25. The first-order valence-corrected chi connectivity index (χ1v) is 5.94. The lowest BCUT2D eigenvalue weighted by Gasteiger charge is -2.08. The number of aryl methyl sites for hydroxylation is 1. The first-order chi connectivity index (χ1) is 9.90. The number of hydrogen-bond donors (Lipinski definition) is 2.